The van der Waals surface area contributed by atoms with Gasteiger partial charge in [-0.2, -0.15) is 0 Å². The summed E-state index contributed by atoms with van der Waals surface area (Å²) in [6.45, 7) is 1.88. The van der Waals surface area contributed by atoms with Gasteiger partial charge in [-0.3, -0.25) is 4.79 Å². The largest absolute Gasteiger partial charge is 0.480 e. The van der Waals surface area contributed by atoms with Crippen LogP contribution in [0.1, 0.15) is 18.1 Å². The smallest absolute Gasteiger partial charge is 0.320 e. The van der Waals surface area contributed by atoms with Crippen LogP contribution in [0.15, 0.2) is 66.2 Å². The van der Waals surface area contributed by atoms with E-state index >= 15 is 0 Å². The zero-order chi connectivity index (χ0) is 15.1. The van der Waals surface area contributed by atoms with Gasteiger partial charge in [-0.1, -0.05) is 66.7 Å². The molecule has 21 heavy (non-hydrogen) atoms. The molecule has 0 saturated carbocycles. The maximum absolute atomic E-state index is 11.5. The molecule has 0 spiro atoms. The second-order valence-electron chi connectivity index (χ2n) is 4.81. The minimum atomic E-state index is -0.791. The average molecular weight is 298 g/mol. The van der Waals surface area contributed by atoms with Crippen LogP contribution in [0, 0.1) is 0 Å². The Balaban J connectivity index is 2.08. The topological polar surface area (TPSA) is 37.3 Å². The summed E-state index contributed by atoms with van der Waals surface area (Å²) < 4.78 is 0. The first-order valence-corrected chi connectivity index (χ1v) is 7.83. The minimum Gasteiger partial charge on any atom is -0.480 e. The van der Waals surface area contributed by atoms with Gasteiger partial charge >= 0.3 is 5.97 Å². The Hall–Kier alpha value is -2.00. The van der Waals surface area contributed by atoms with E-state index in [0.717, 1.165) is 16.7 Å². The molecule has 1 N–H and O–H groups in total. The molecule has 2 aromatic rings. The number of carboxylic acid groups (broad SMARTS) is 1. The van der Waals surface area contributed by atoms with Gasteiger partial charge in [0.25, 0.3) is 0 Å². The lowest BCUT2D eigenvalue weighted by molar-refractivity contribution is -0.135. The van der Waals surface area contributed by atoms with Crippen molar-refractivity contribution in [1.29, 1.82) is 0 Å². The summed E-state index contributed by atoms with van der Waals surface area (Å²) in [4.78, 5) is 11.5. The van der Waals surface area contributed by atoms with E-state index in [1.165, 1.54) is 11.8 Å². The Bertz CT molecular complexity index is 606. The molecule has 0 aliphatic heterocycles. The van der Waals surface area contributed by atoms with Crippen molar-refractivity contribution in [1.82, 2.24) is 0 Å². The van der Waals surface area contributed by atoms with E-state index in [4.69, 9.17) is 0 Å². The molecule has 0 heterocycles. The fraction of sp³-hybridized carbons (Fsp3) is 0.167. The maximum Gasteiger partial charge on any atom is 0.320 e. The minimum absolute atomic E-state index is 0.523. The molecule has 0 fully saturated rings. The third-order valence-electron chi connectivity index (χ3n) is 3.09. The van der Waals surface area contributed by atoms with Gasteiger partial charge in [-0.25, -0.2) is 0 Å². The van der Waals surface area contributed by atoms with E-state index in [2.05, 4.69) is 0 Å². The van der Waals surface area contributed by atoms with Crippen molar-refractivity contribution in [2.45, 2.75) is 17.9 Å². The zero-order valence-corrected chi connectivity index (χ0v) is 12.7. The third kappa shape index (κ3) is 4.80. The molecule has 0 amide bonds. The Morgan fingerprint density at radius 2 is 1.67 bits per heavy atom. The van der Waals surface area contributed by atoms with Crippen molar-refractivity contribution in [2.75, 3.05) is 0 Å². The van der Waals surface area contributed by atoms with Crippen LogP contribution in [0.2, 0.25) is 0 Å². The normalized spacial score (nSPS) is 12.9. The van der Waals surface area contributed by atoms with Gasteiger partial charge in [0, 0.05) is 5.75 Å². The Labute approximate surface area is 129 Å². The first-order chi connectivity index (χ1) is 10.2. The van der Waals surface area contributed by atoms with Crippen LogP contribution in [-0.4, -0.2) is 16.3 Å². The lowest BCUT2D eigenvalue weighted by Gasteiger charge is -2.13. The fourth-order valence-electron chi connectivity index (χ4n) is 2.04. The first kappa shape index (κ1) is 15.4. The van der Waals surface area contributed by atoms with E-state index in [1.807, 2.05) is 73.7 Å². The predicted octanol–water partition coefficient (Wildman–Crippen LogP) is 4.48. The Kier molecular flexibility index (Phi) is 5.64. The monoisotopic (exact) mass is 298 g/mol. The number of aliphatic carboxylic acids is 1. The van der Waals surface area contributed by atoms with E-state index < -0.39 is 11.2 Å². The summed E-state index contributed by atoms with van der Waals surface area (Å²) in [6, 6.07) is 19.7. The molecule has 0 aliphatic rings. The number of benzene rings is 2. The van der Waals surface area contributed by atoms with Crippen molar-refractivity contribution in [3.63, 3.8) is 0 Å². The molecule has 2 nitrogen and oxygen atoms in total. The van der Waals surface area contributed by atoms with E-state index in [9.17, 15) is 9.90 Å². The SMILES string of the molecule is C/C(=C\c1ccccc1)C(SCc1ccccc1)C(=O)O. The van der Waals surface area contributed by atoms with Crippen LogP contribution in [-0.2, 0) is 10.5 Å². The highest BCUT2D eigenvalue weighted by molar-refractivity contribution is 8.00. The molecule has 2 rings (SSSR count). The second-order valence-corrected chi connectivity index (χ2v) is 5.91. The number of hydrogen-bond acceptors (Lipinski definition) is 2. The van der Waals surface area contributed by atoms with Gasteiger partial charge in [0.15, 0.2) is 0 Å². The molecular formula is C18H18O2S. The third-order valence-corrected chi connectivity index (χ3v) is 4.50. The molecule has 1 unspecified atom stereocenters. The fourth-order valence-corrected chi connectivity index (χ4v) is 3.06. The highest BCUT2D eigenvalue weighted by atomic mass is 32.2. The molecule has 0 radical (unpaired) electrons. The molecule has 108 valence electrons. The van der Waals surface area contributed by atoms with Crippen LogP contribution in [0.4, 0.5) is 0 Å². The van der Waals surface area contributed by atoms with Crippen LogP contribution in [0.5, 0.6) is 0 Å². The van der Waals surface area contributed by atoms with Crippen LogP contribution in [0.3, 0.4) is 0 Å². The molecule has 2 aromatic carbocycles. The van der Waals surface area contributed by atoms with E-state index in [-0.39, 0.29) is 0 Å². The van der Waals surface area contributed by atoms with Gasteiger partial charge in [0.1, 0.15) is 5.25 Å². The van der Waals surface area contributed by atoms with Gasteiger partial charge in [-0.05, 0) is 23.6 Å². The summed E-state index contributed by atoms with van der Waals surface area (Å²) in [6.07, 6.45) is 1.94. The van der Waals surface area contributed by atoms with Crippen LogP contribution < -0.4 is 0 Å². The van der Waals surface area contributed by atoms with Crippen LogP contribution >= 0.6 is 11.8 Å². The number of carboxylic acids is 1. The Morgan fingerprint density at radius 3 is 2.24 bits per heavy atom. The summed E-state index contributed by atoms with van der Waals surface area (Å²) in [5.41, 5.74) is 3.03. The van der Waals surface area contributed by atoms with Crippen molar-refractivity contribution in [3.8, 4) is 0 Å². The van der Waals surface area contributed by atoms with E-state index in [0.29, 0.717) is 5.75 Å². The van der Waals surface area contributed by atoms with Crippen molar-refractivity contribution in [3.05, 3.63) is 77.4 Å². The molecule has 0 aromatic heterocycles. The van der Waals surface area contributed by atoms with Crippen molar-refractivity contribution >= 4 is 23.8 Å². The number of carbonyl (C=O) groups is 1. The summed E-state index contributed by atoms with van der Waals surface area (Å²) in [7, 11) is 0. The summed E-state index contributed by atoms with van der Waals surface area (Å²) in [5.74, 6) is -0.0989. The molecule has 0 saturated heterocycles. The molecule has 0 aliphatic carbocycles. The summed E-state index contributed by atoms with van der Waals surface area (Å²) >= 11 is 1.44. The lowest BCUT2D eigenvalue weighted by Crippen LogP contribution is -2.17. The second kappa shape index (κ2) is 7.70. The first-order valence-electron chi connectivity index (χ1n) is 6.78. The maximum atomic E-state index is 11.5. The van der Waals surface area contributed by atoms with E-state index in [1.54, 1.807) is 0 Å². The van der Waals surface area contributed by atoms with Crippen molar-refractivity contribution in [2.24, 2.45) is 0 Å². The van der Waals surface area contributed by atoms with Crippen LogP contribution in [0.25, 0.3) is 6.08 Å². The molecule has 1 atom stereocenters. The number of rotatable bonds is 6. The zero-order valence-electron chi connectivity index (χ0n) is 11.9. The molecular weight excluding hydrogens is 280 g/mol. The Morgan fingerprint density at radius 1 is 1.10 bits per heavy atom. The average Bonchev–Trinajstić information content (AvgIpc) is 2.49. The number of hydrogen-bond donors (Lipinski definition) is 1. The summed E-state index contributed by atoms with van der Waals surface area (Å²) in [5, 5.41) is 8.92. The number of thioether (sulfide) groups is 1. The van der Waals surface area contributed by atoms with Gasteiger partial charge in [0.05, 0.1) is 0 Å². The lowest BCUT2D eigenvalue weighted by atomic mass is 10.1. The highest BCUT2D eigenvalue weighted by Gasteiger charge is 2.19. The quantitative estimate of drug-likeness (QED) is 0.854. The van der Waals surface area contributed by atoms with Crippen molar-refractivity contribution < 1.29 is 9.90 Å². The molecule has 3 heteroatoms. The molecule has 0 bridgehead atoms. The van der Waals surface area contributed by atoms with Gasteiger partial charge in [0.2, 0.25) is 0 Å². The predicted molar refractivity (Wildman–Crippen MR) is 89.3 cm³/mol. The van der Waals surface area contributed by atoms with Gasteiger partial charge < -0.3 is 5.11 Å². The van der Waals surface area contributed by atoms with Gasteiger partial charge in [-0.15, -0.1) is 11.8 Å². The standard InChI is InChI=1S/C18H18O2S/c1-14(12-15-8-4-2-5-9-15)17(18(19)20)21-13-16-10-6-3-7-11-16/h2-12,17H,13H2,1H3,(H,19,20)/b14-12+. The highest BCUT2D eigenvalue weighted by Crippen LogP contribution is 2.25.